The Morgan fingerprint density at radius 1 is 0.692 bits per heavy atom. The van der Waals surface area contributed by atoms with Gasteiger partial charge in [0.1, 0.15) is 6.10 Å². The third-order valence-electron chi connectivity index (χ3n) is 4.23. The maximum Gasteiger partial charge on any atom is 0.384 e. The number of aliphatic hydroxyl groups is 1. The summed E-state index contributed by atoms with van der Waals surface area (Å²) in [5.74, 6) is -35.9. The van der Waals surface area contributed by atoms with Crippen molar-refractivity contribution in [1.82, 2.24) is 0 Å². The van der Waals surface area contributed by atoms with Crippen molar-refractivity contribution in [3.63, 3.8) is 0 Å². The van der Waals surface area contributed by atoms with Crippen LogP contribution >= 0.6 is 0 Å². The molecule has 1 nitrogen and oxygen atoms in total. The van der Waals surface area contributed by atoms with Gasteiger partial charge in [0.25, 0.3) is 5.67 Å². The highest BCUT2D eigenvalue weighted by Gasteiger charge is 3.02. The molecule has 1 N–H and O–H groups in total. The van der Waals surface area contributed by atoms with Gasteiger partial charge >= 0.3 is 29.6 Å². The summed E-state index contributed by atoms with van der Waals surface area (Å²) in [7, 11) is 0. The number of hydrogen-bond donors (Lipinski definition) is 1. The lowest BCUT2D eigenvalue weighted by atomic mass is 9.68. The predicted molar refractivity (Wildman–Crippen MR) is 64.7 cm³/mol. The molecule has 1 saturated carbocycles. The Labute approximate surface area is 138 Å². The van der Waals surface area contributed by atoms with Gasteiger partial charge in [-0.1, -0.05) is 29.8 Å². The fourth-order valence-electron chi connectivity index (χ4n) is 2.66. The zero-order valence-electron chi connectivity index (χ0n) is 12.5. The van der Waals surface area contributed by atoms with E-state index in [1.54, 1.807) is 0 Å². The highest BCUT2D eigenvalue weighted by molar-refractivity contribution is 5.34. The Morgan fingerprint density at radius 2 is 1.08 bits per heavy atom. The maximum absolute atomic E-state index is 14.6. The van der Waals surface area contributed by atoms with E-state index in [0.717, 1.165) is 6.07 Å². The third-order valence-corrected chi connectivity index (χ3v) is 4.23. The number of halogens is 11. The first-order valence-electron chi connectivity index (χ1n) is 6.74. The Bertz CT molecular complexity index is 683. The van der Waals surface area contributed by atoms with E-state index in [4.69, 9.17) is 0 Å². The molecule has 0 aliphatic heterocycles. The first-order chi connectivity index (χ1) is 11.4. The summed E-state index contributed by atoms with van der Waals surface area (Å²) in [5.41, 5.74) is -7.62. The van der Waals surface area contributed by atoms with E-state index in [0.29, 0.717) is 12.1 Å². The van der Waals surface area contributed by atoms with Crippen LogP contribution in [0.25, 0.3) is 0 Å². The molecule has 2 rings (SSSR count). The van der Waals surface area contributed by atoms with E-state index in [9.17, 15) is 53.4 Å². The van der Waals surface area contributed by atoms with E-state index in [-0.39, 0.29) is 5.56 Å². The lowest BCUT2D eigenvalue weighted by Crippen LogP contribution is -2.84. The largest absolute Gasteiger partial charge is 0.385 e. The summed E-state index contributed by atoms with van der Waals surface area (Å²) < 4.78 is 150. The second kappa shape index (κ2) is 5.23. The van der Waals surface area contributed by atoms with Gasteiger partial charge in [0.15, 0.2) is 0 Å². The summed E-state index contributed by atoms with van der Waals surface area (Å²) >= 11 is 0. The SMILES string of the molecule is Cc1cccc(C(O)C2(F)C(F)(F)C(F)(F)C(F)(F)C(F)(F)C2(F)F)c1. The van der Waals surface area contributed by atoms with Gasteiger partial charge in [-0.05, 0) is 12.5 Å². The molecule has 1 fully saturated rings. The molecule has 1 aromatic rings. The smallest absolute Gasteiger partial charge is 0.384 e. The molecule has 148 valence electrons. The van der Waals surface area contributed by atoms with Gasteiger partial charge in [0, 0.05) is 0 Å². The number of aliphatic hydroxyl groups excluding tert-OH is 1. The molecule has 1 atom stereocenters. The van der Waals surface area contributed by atoms with Crippen molar-refractivity contribution in [2.45, 2.75) is 48.3 Å². The van der Waals surface area contributed by atoms with Crippen LogP contribution in [0, 0.1) is 6.92 Å². The highest BCUT2D eigenvalue weighted by Crippen LogP contribution is 2.71. The van der Waals surface area contributed by atoms with Crippen molar-refractivity contribution in [3.8, 4) is 0 Å². The van der Waals surface area contributed by atoms with Crippen LogP contribution in [0.15, 0.2) is 24.3 Å². The fraction of sp³-hybridized carbons (Fsp3) is 0.571. The number of benzene rings is 1. The minimum atomic E-state index is -7.30. The molecule has 1 unspecified atom stereocenters. The zero-order valence-corrected chi connectivity index (χ0v) is 12.5. The first-order valence-corrected chi connectivity index (χ1v) is 6.74. The van der Waals surface area contributed by atoms with Crippen molar-refractivity contribution in [2.75, 3.05) is 0 Å². The average Bonchev–Trinajstić information content (AvgIpc) is 2.51. The van der Waals surface area contributed by atoms with Crippen molar-refractivity contribution >= 4 is 0 Å². The topological polar surface area (TPSA) is 20.2 Å². The van der Waals surface area contributed by atoms with Crippen LogP contribution in [0.4, 0.5) is 48.3 Å². The Kier molecular flexibility index (Phi) is 4.17. The number of hydrogen-bond acceptors (Lipinski definition) is 1. The fourth-order valence-corrected chi connectivity index (χ4v) is 2.66. The van der Waals surface area contributed by atoms with Gasteiger partial charge < -0.3 is 5.11 Å². The number of rotatable bonds is 2. The van der Waals surface area contributed by atoms with Crippen molar-refractivity contribution in [2.24, 2.45) is 0 Å². The number of aryl methyl sites for hydroxylation is 1. The molecule has 0 amide bonds. The van der Waals surface area contributed by atoms with E-state index in [1.165, 1.54) is 13.0 Å². The van der Waals surface area contributed by atoms with Gasteiger partial charge in [-0.3, -0.25) is 0 Å². The standard InChI is InChI=1S/C14H9F11O/c1-6-3-2-4-7(5-6)8(26)9(15)10(16,17)12(20,21)14(24,25)13(22,23)11(9,18)19/h2-5,8,26H,1H3. The first kappa shape index (κ1) is 20.7. The summed E-state index contributed by atoms with van der Waals surface area (Å²) in [4.78, 5) is 0. The summed E-state index contributed by atoms with van der Waals surface area (Å²) in [5, 5.41) is 9.59. The quantitative estimate of drug-likeness (QED) is 0.696. The summed E-state index contributed by atoms with van der Waals surface area (Å²) in [6, 6.07) is 3.16. The van der Waals surface area contributed by atoms with Gasteiger partial charge in [-0.15, -0.1) is 0 Å². The number of alkyl halides is 11. The molecule has 12 heteroatoms. The average molecular weight is 402 g/mol. The lowest BCUT2D eigenvalue weighted by molar-refractivity contribution is -0.494. The van der Waals surface area contributed by atoms with E-state index >= 15 is 0 Å². The molecule has 0 aromatic heterocycles. The van der Waals surface area contributed by atoms with Gasteiger partial charge in [-0.25, -0.2) is 4.39 Å². The third kappa shape index (κ3) is 1.96. The molecule has 0 bridgehead atoms. The molecule has 0 spiro atoms. The second-order valence-electron chi connectivity index (χ2n) is 5.90. The second-order valence-corrected chi connectivity index (χ2v) is 5.90. The highest BCUT2D eigenvalue weighted by atomic mass is 19.4. The molecule has 26 heavy (non-hydrogen) atoms. The van der Waals surface area contributed by atoms with Crippen LogP contribution < -0.4 is 0 Å². The van der Waals surface area contributed by atoms with Gasteiger partial charge in [-0.2, -0.15) is 43.9 Å². The summed E-state index contributed by atoms with van der Waals surface area (Å²) in [6.45, 7) is 1.19. The minimum absolute atomic E-state index is 0.0245. The van der Waals surface area contributed by atoms with Crippen LogP contribution in [0.2, 0.25) is 0 Å². The molecule has 1 aliphatic rings. The van der Waals surface area contributed by atoms with Crippen molar-refractivity contribution < 1.29 is 53.4 Å². The van der Waals surface area contributed by atoms with Crippen LogP contribution in [0.1, 0.15) is 17.2 Å². The Hall–Kier alpha value is -1.59. The normalized spacial score (nSPS) is 28.3. The molecular weight excluding hydrogens is 393 g/mol. The van der Waals surface area contributed by atoms with Crippen molar-refractivity contribution in [3.05, 3.63) is 35.4 Å². The Balaban J connectivity index is 2.83. The predicted octanol–water partition coefficient (Wildman–Crippen LogP) is 4.93. The van der Waals surface area contributed by atoms with E-state index in [2.05, 4.69) is 0 Å². The van der Waals surface area contributed by atoms with Crippen molar-refractivity contribution in [1.29, 1.82) is 0 Å². The molecule has 0 saturated heterocycles. The van der Waals surface area contributed by atoms with Crippen LogP contribution in [0.5, 0.6) is 0 Å². The van der Waals surface area contributed by atoms with Crippen LogP contribution in [-0.4, -0.2) is 40.4 Å². The maximum atomic E-state index is 14.6. The van der Waals surface area contributed by atoms with E-state index < -0.39 is 46.9 Å². The van der Waals surface area contributed by atoms with Gasteiger partial charge in [0.05, 0.1) is 0 Å². The minimum Gasteiger partial charge on any atom is -0.385 e. The molecule has 1 aromatic carbocycles. The Morgan fingerprint density at radius 3 is 1.46 bits per heavy atom. The molecular formula is C14H9F11O. The van der Waals surface area contributed by atoms with Crippen LogP contribution in [0.3, 0.4) is 0 Å². The zero-order chi connectivity index (χ0) is 20.6. The molecule has 0 radical (unpaired) electrons. The van der Waals surface area contributed by atoms with Crippen LogP contribution in [-0.2, 0) is 0 Å². The monoisotopic (exact) mass is 402 g/mol. The van der Waals surface area contributed by atoms with Gasteiger partial charge in [0.2, 0.25) is 0 Å². The molecule has 0 heterocycles. The summed E-state index contributed by atoms with van der Waals surface area (Å²) in [6.07, 6.45) is -3.97. The lowest BCUT2D eigenvalue weighted by Gasteiger charge is -2.53. The van der Waals surface area contributed by atoms with E-state index in [1.807, 2.05) is 0 Å². The molecule has 1 aliphatic carbocycles.